The van der Waals surface area contributed by atoms with E-state index in [1.54, 1.807) is 12.1 Å². The minimum absolute atomic E-state index is 0.0241. The molecule has 2 aromatic rings. The molecule has 3 rings (SSSR count). The first kappa shape index (κ1) is 19.3. The number of fused-ring (bicyclic) bond motifs is 1. The van der Waals surface area contributed by atoms with Crippen LogP contribution < -0.4 is 23.6 Å². The lowest BCUT2D eigenvalue weighted by molar-refractivity contribution is 0.354. The molecule has 0 saturated carbocycles. The lowest BCUT2D eigenvalue weighted by Crippen LogP contribution is -2.35. The van der Waals surface area contributed by atoms with Gasteiger partial charge in [0, 0.05) is 12.6 Å². The van der Waals surface area contributed by atoms with Crippen molar-refractivity contribution in [3.8, 4) is 11.5 Å². The van der Waals surface area contributed by atoms with Gasteiger partial charge >= 0.3 is 0 Å². The number of hydrogen-bond acceptors (Lipinski definition) is 6. The highest BCUT2D eigenvalue weighted by Gasteiger charge is 2.27. The Balaban J connectivity index is 1.94. The molecular formula is C16H19N3O6S2. The van der Waals surface area contributed by atoms with Crippen molar-refractivity contribution in [2.45, 2.75) is 11.3 Å². The zero-order valence-electron chi connectivity index (χ0n) is 14.7. The van der Waals surface area contributed by atoms with Crippen LogP contribution in [0.2, 0.25) is 0 Å². The summed E-state index contributed by atoms with van der Waals surface area (Å²) < 4.78 is 62.5. The number of anilines is 2. The van der Waals surface area contributed by atoms with Crippen LogP contribution in [0.15, 0.2) is 41.3 Å². The fraction of sp³-hybridized carbons (Fsp3) is 0.250. The summed E-state index contributed by atoms with van der Waals surface area (Å²) in [6, 6.07) is 8.90. The predicted molar refractivity (Wildman–Crippen MR) is 101 cm³/mol. The third kappa shape index (κ3) is 3.80. The van der Waals surface area contributed by atoms with Crippen molar-refractivity contribution in [1.82, 2.24) is 0 Å². The predicted octanol–water partition coefficient (Wildman–Crippen LogP) is 1.07. The lowest BCUT2D eigenvalue weighted by Gasteiger charge is -2.17. The summed E-state index contributed by atoms with van der Waals surface area (Å²) in [7, 11) is -4.99. The number of nitrogens with two attached hydrogens (primary N) is 1. The van der Waals surface area contributed by atoms with Crippen molar-refractivity contribution in [3.05, 3.63) is 42.0 Å². The Morgan fingerprint density at radius 3 is 2.33 bits per heavy atom. The van der Waals surface area contributed by atoms with Gasteiger partial charge in [-0.05, 0) is 36.2 Å². The standard InChI is InChI=1S/C16H19N3O6S2/c1-24-15-6-5-13(10-16(15)25-2)26(20,21)18-12-4-3-11-7-8-19(14(11)9-12)27(17,22)23/h3-6,9-10,18H,7-8H2,1-2H3,(H2,17,22,23). The number of nitrogens with one attached hydrogen (secondary N) is 1. The van der Waals surface area contributed by atoms with E-state index in [1.165, 1.54) is 38.5 Å². The normalized spacial score (nSPS) is 14.0. The summed E-state index contributed by atoms with van der Waals surface area (Å²) in [6.07, 6.45) is 0.508. The molecule has 0 radical (unpaired) electrons. The molecule has 0 unspecified atom stereocenters. The first-order valence-corrected chi connectivity index (χ1v) is 10.8. The molecule has 0 saturated heterocycles. The molecule has 1 heterocycles. The van der Waals surface area contributed by atoms with Gasteiger partial charge in [-0.25, -0.2) is 13.6 Å². The monoisotopic (exact) mass is 413 g/mol. The number of nitrogens with zero attached hydrogens (tertiary/aromatic N) is 1. The third-order valence-corrected chi connectivity index (χ3v) is 6.54. The van der Waals surface area contributed by atoms with E-state index in [0.717, 1.165) is 9.87 Å². The van der Waals surface area contributed by atoms with Crippen molar-refractivity contribution in [1.29, 1.82) is 0 Å². The maximum absolute atomic E-state index is 12.7. The molecule has 0 aliphatic carbocycles. The highest BCUT2D eigenvalue weighted by molar-refractivity contribution is 7.92. The van der Waals surface area contributed by atoms with E-state index in [2.05, 4.69) is 4.72 Å². The Morgan fingerprint density at radius 2 is 1.70 bits per heavy atom. The second kappa shape index (κ2) is 6.91. The van der Waals surface area contributed by atoms with Crippen LogP contribution in [0, 0.1) is 0 Å². The summed E-state index contributed by atoms with van der Waals surface area (Å²) >= 11 is 0. The van der Waals surface area contributed by atoms with Crippen LogP contribution in [0.4, 0.5) is 11.4 Å². The van der Waals surface area contributed by atoms with E-state index >= 15 is 0 Å². The van der Waals surface area contributed by atoms with Crippen molar-refractivity contribution in [3.63, 3.8) is 0 Å². The molecule has 0 spiro atoms. The Kier molecular flexibility index (Phi) is 4.93. The first-order valence-electron chi connectivity index (χ1n) is 7.84. The third-order valence-electron chi connectivity index (χ3n) is 4.16. The highest BCUT2D eigenvalue weighted by atomic mass is 32.2. The number of sulfonamides is 1. The molecule has 0 atom stereocenters. The molecule has 0 amide bonds. The zero-order valence-corrected chi connectivity index (χ0v) is 16.3. The maximum atomic E-state index is 12.7. The molecule has 11 heteroatoms. The van der Waals surface area contributed by atoms with Crippen molar-refractivity contribution in [2.24, 2.45) is 5.14 Å². The van der Waals surface area contributed by atoms with E-state index in [-0.39, 0.29) is 22.9 Å². The number of benzene rings is 2. The molecule has 3 N–H and O–H groups in total. The van der Waals surface area contributed by atoms with Crippen LogP contribution in [0.1, 0.15) is 5.56 Å². The highest BCUT2D eigenvalue weighted by Crippen LogP contribution is 2.34. The minimum atomic E-state index is -3.93. The Bertz CT molecular complexity index is 1080. The molecule has 9 nitrogen and oxygen atoms in total. The maximum Gasteiger partial charge on any atom is 0.299 e. The van der Waals surface area contributed by atoms with Crippen LogP contribution in [-0.4, -0.2) is 37.6 Å². The van der Waals surface area contributed by atoms with Gasteiger partial charge in [0.1, 0.15) is 0 Å². The van der Waals surface area contributed by atoms with Gasteiger partial charge in [-0.3, -0.25) is 9.03 Å². The summed E-state index contributed by atoms with van der Waals surface area (Å²) in [5.74, 6) is 0.674. The van der Waals surface area contributed by atoms with Gasteiger partial charge in [0.15, 0.2) is 11.5 Å². The molecule has 2 aromatic carbocycles. The van der Waals surface area contributed by atoms with E-state index < -0.39 is 20.2 Å². The molecular weight excluding hydrogens is 394 g/mol. The van der Waals surface area contributed by atoms with E-state index in [1.807, 2.05) is 0 Å². The van der Waals surface area contributed by atoms with Crippen LogP contribution >= 0.6 is 0 Å². The van der Waals surface area contributed by atoms with Gasteiger partial charge in [-0.1, -0.05) is 6.07 Å². The largest absolute Gasteiger partial charge is 0.493 e. The minimum Gasteiger partial charge on any atom is -0.493 e. The molecule has 1 aliphatic rings. The molecule has 0 fully saturated rings. The Hall–Kier alpha value is -2.50. The van der Waals surface area contributed by atoms with Gasteiger partial charge in [-0.2, -0.15) is 8.42 Å². The summed E-state index contributed by atoms with van der Waals surface area (Å²) in [5, 5.41) is 5.22. The van der Waals surface area contributed by atoms with Crippen LogP contribution in [0.3, 0.4) is 0 Å². The van der Waals surface area contributed by atoms with Crippen LogP contribution in [0.5, 0.6) is 11.5 Å². The second-order valence-electron chi connectivity index (χ2n) is 5.83. The van der Waals surface area contributed by atoms with E-state index in [0.29, 0.717) is 17.9 Å². The summed E-state index contributed by atoms with van der Waals surface area (Å²) in [4.78, 5) is -0.0241. The Morgan fingerprint density at radius 1 is 1.00 bits per heavy atom. The fourth-order valence-electron chi connectivity index (χ4n) is 2.88. The van der Waals surface area contributed by atoms with Gasteiger partial charge in [0.2, 0.25) is 0 Å². The second-order valence-corrected chi connectivity index (χ2v) is 8.99. The van der Waals surface area contributed by atoms with Gasteiger partial charge in [-0.15, -0.1) is 0 Å². The van der Waals surface area contributed by atoms with E-state index in [9.17, 15) is 16.8 Å². The topological polar surface area (TPSA) is 128 Å². The lowest BCUT2D eigenvalue weighted by atomic mass is 10.1. The number of methoxy groups -OCH3 is 2. The van der Waals surface area contributed by atoms with Gasteiger partial charge in [0.25, 0.3) is 20.2 Å². The molecule has 0 aromatic heterocycles. The quantitative estimate of drug-likeness (QED) is 0.729. The van der Waals surface area contributed by atoms with Crippen molar-refractivity contribution >= 4 is 31.6 Å². The van der Waals surface area contributed by atoms with Gasteiger partial charge in [0.05, 0.1) is 30.5 Å². The van der Waals surface area contributed by atoms with Crippen LogP contribution in [-0.2, 0) is 26.7 Å². The smallest absolute Gasteiger partial charge is 0.299 e. The zero-order chi connectivity index (χ0) is 19.8. The molecule has 27 heavy (non-hydrogen) atoms. The van der Waals surface area contributed by atoms with Gasteiger partial charge < -0.3 is 9.47 Å². The summed E-state index contributed by atoms with van der Waals surface area (Å²) in [5.41, 5.74) is 1.36. The van der Waals surface area contributed by atoms with E-state index in [4.69, 9.17) is 14.6 Å². The number of hydrogen-bond donors (Lipinski definition) is 2. The SMILES string of the molecule is COc1ccc(S(=O)(=O)Nc2ccc3c(c2)N(S(N)(=O)=O)CC3)cc1OC. The number of rotatable bonds is 6. The summed E-state index contributed by atoms with van der Waals surface area (Å²) in [6.45, 7) is 0.222. The average molecular weight is 413 g/mol. The van der Waals surface area contributed by atoms with Crippen molar-refractivity contribution < 1.29 is 26.3 Å². The van der Waals surface area contributed by atoms with Crippen LogP contribution in [0.25, 0.3) is 0 Å². The Labute approximate surface area is 157 Å². The first-order chi connectivity index (χ1) is 12.7. The molecule has 1 aliphatic heterocycles. The van der Waals surface area contributed by atoms with Crippen molar-refractivity contribution in [2.75, 3.05) is 29.8 Å². The number of ether oxygens (including phenoxy) is 2. The fourth-order valence-corrected chi connectivity index (χ4v) is 4.73. The molecule has 0 bridgehead atoms. The average Bonchev–Trinajstić information content (AvgIpc) is 3.04. The molecule has 146 valence electrons.